The Morgan fingerprint density at radius 3 is 2.80 bits per heavy atom. The molecule has 130 valence electrons. The number of hydrogen-bond acceptors (Lipinski definition) is 4. The van der Waals surface area contributed by atoms with Crippen molar-refractivity contribution in [2.75, 3.05) is 7.11 Å². The van der Waals surface area contributed by atoms with Crippen LogP contribution in [0.5, 0.6) is 0 Å². The first-order valence-corrected chi connectivity index (χ1v) is 8.09. The Hall–Kier alpha value is -2.70. The van der Waals surface area contributed by atoms with E-state index in [1.54, 1.807) is 11.7 Å². The van der Waals surface area contributed by atoms with E-state index in [-0.39, 0.29) is 19.1 Å². The summed E-state index contributed by atoms with van der Waals surface area (Å²) in [5.41, 5.74) is 3.69. The monoisotopic (exact) mass is 339 g/mol. The minimum atomic E-state index is -0.207. The van der Waals surface area contributed by atoms with Gasteiger partial charge in [0.15, 0.2) is 0 Å². The van der Waals surface area contributed by atoms with Gasteiger partial charge >= 0.3 is 0 Å². The van der Waals surface area contributed by atoms with E-state index in [1.807, 2.05) is 48.5 Å². The second-order valence-electron chi connectivity index (χ2n) is 5.79. The van der Waals surface area contributed by atoms with Crippen LogP contribution in [0.2, 0.25) is 0 Å². The van der Waals surface area contributed by atoms with Crippen molar-refractivity contribution in [2.24, 2.45) is 0 Å². The molecule has 0 spiro atoms. The highest BCUT2D eigenvalue weighted by Crippen LogP contribution is 2.16. The molecule has 0 unspecified atom stereocenters. The molecule has 1 amide bonds. The molecule has 6 heteroatoms. The molecule has 0 saturated carbocycles. The van der Waals surface area contributed by atoms with Gasteiger partial charge in [-0.2, -0.15) is 0 Å². The lowest BCUT2D eigenvalue weighted by molar-refractivity contribution is -0.121. The van der Waals surface area contributed by atoms with Crippen LogP contribution in [0.4, 0.5) is 0 Å². The summed E-state index contributed by atoms with van der Waals surface area (Å²) >= 11 is 0. The van der Waals surface area contributed by atoms with Crippen LogP contribution in [0, 0.1) is 0 Å². The Labute approximate surface area is 146 Å². The molecule has 1 heterocycles. The number of hydrogen-bond donors (Lipinski definition) is 2. The van der Waals surface area contributed by atoms with Gasteiger partial charge in [-0.25, -0.2) is 4.98 Å². The highest BCUT2D eigenvalue weighted by Gasteiger charge is 2.12. The van der Waals surface area contributed by atoms with Crippen molar-refractivity contribution >= 4 is 16.9 Å². The summed E-state index contributed by atoms with van der Waals surface area (Å²) in [6, 6.07) is 15.4. The van der Waals surface area contributed by atoms with E-state index in [9.17, 15) is 9.90 Å². The van der Waals surface area contributed by atoms with Crippen LogP contribution in [0.15, 0.2) is 48.5 Å². The summed E-state index contributed by atoms with van der Waals surface area (Å²) in [7, 11) is 1.66. The fourth-order valence-corrected chi connectivity index (χ4v) is 2.82. The molecule has 0 bridgehead atoms. The Balaban J connectivity index is 1.68. The van der Waals surface area contributed by atoms with Crippen molar-refractivity contribution in [3.63, 3.8) is 0 Å². The van der Waals surface area contributed by atoms with Gasteiger partial charge in [0.25, 0.3) is 0 Å². The summed E-state index contributed by atoms with van der Waals surface area (Å²) in [6.45, 7) is 0.898. The maximum Gasteiger partial charge on any atom is 0.240 e. The highest BCUT2D eigenvalue weighted by atomic mass is 16.5. The van der Waals surface area contributed by atoms with Crippen molar-refractivity contribution in [2.45, 2.75) is 26.3 Å². The zero-order chi connectivity index (χ0) is 17.6. The molecule has 0 aliphatic heterocycles. The molecule has 0 fully saturated rings. The van der Waals surface area contributed by atoms with Gasteiger partial charge in [-0.1, -0.05) is 36.4 Å². The molecule has 0 atom stereocenters. The van der Waals surface area contributed by atoms with Gasteiger partial charge < -0.3 is 19.7 Å². The van der Waals surface area contributed by atoms with E-state index in [0.717, 1.165) is 22.2 Å². The Morgan fingerprint density at radius 2 is 2.00 bits per heavy atom. The number of methoxy groups -OCH3 is 1. The van der Waals surface area contributed by atoms with Crippen LogP contribution >= 0.6 is 0 Å². The Bertz CT molecular complexity index is 873. The van der Waals surface area contributed by atoms with Crippen LogP contribution in [-0.2, 0) is 35.8 Å². The van der Waals surface area contributed by atoms with E-state index < -0.39 is 0 Å². The van der Waals surface area contributed by atoms with E-state index >= 15 is 0 Å². The van der Waals surface area contributed by atoms with Gasteiger partial charge in [-0.3, -0.25) is 4.79 Å². The third-order valence-electron chi connectivity index (χ3n) is 3.97. The number of nitrogens with zero attached hydrogens (tertiary/aromatic N) is 2. The number of carbonyl (C=O) groups excluding carboxylic acids is 1. The number of ether oxygens (including phenoxy) is 1. The lowest BCUT2D eigenvalue weighted by Gasteiger charge is -2.10. The lowest BCUT2D eigenvalue weighted by Crippen LogP contribution is -2.27. The van der Waals surface area contributed by atoms with Crippen molar-refractivity contribution in [3.8, 4) is 0 Å². The molecule has 0 aliphatic carbocycles. The first-order chi connectivity index (χ1) is 12.2. The van der Waals surface area contributed by atoms with Crippen LogP contribution < -0.4 is 5.32 Å². The number of fused-ring (bicyclic) bond motifs is 1. The largest absolute Gasteiger partial charge is 0.388 e. The molecular formula is C19H21N3O3. The van der Waals surface area contributed by atoms with Gasteiger partial charge in [0, 0.05) is 13.7 Å². The van der Waals surface area contributed by atoms with Gasteiger partial charge in [0.2, 0.25) is 5.91 Å². The summed E-state index contributed by atoms with van der Waals surface area (Å²) in [6.07, 6.45) is 0. The van der Waals surface area contributed by atoms with Crippen LogP contribution in [0.3, 0.4) is 0 Å². The van der Waals surface area contributed by atoms with Crippen LogP contribution in [0.25, 0.3) is 11.0 Å². The lowest BCUT2D eigenvalue weighted by atomic mass is 10.1. The molecule has 0 saturated heterocycles. The summed E-state index contributed by atoms with van der Waals surface area (Å²) in [4.78, 5) is 16.7. The standard InChI is InChI=1S/C19H21N3O3/c1-25-13-15-6-4-5-14(9-15)10-20-19(24)11-22-17-8-3-2-7-16(17)21-18(22)12-23/h2-9,23H,10-13H2,1H3,(H,20,24). The molecule has 2 aromatic carbocycles. The van der Waals surface area contributed by atoms with Crippen molar-refractivity contribution < 1.29 is 14.6 Å². The number of aliphatic hydroxyl groups excluding tert-OH is 1. The predicted molar refractivity (Wildman–Crippen MR) is 94.7 cm³/mol. The van der Waals surface area contributed by atoms with Gasteiger partial charge in [-0.05, 0) is 23.3 Å². The number of aromatic nitrogens is 2. The maximum atomic E-state index is 12.3. The number of imidazole rings is 1. The van der Waals surface area contributed by atoms with Gasteiger partial charge in [0.1, 0.15) is 19.0 Å². The summed E-state index contributed by atoms with van der Waals surface area (Å²) < 4.78 is 6.87. The Kier molecular flexibility index (Phi) is 5.42. The third kappa shape index (κ3) is 4.04. The highest BCUT2D eigenvalue weighted by molar-refractivity contribution is 5.81. The van der Waals surface area contributed by atoms with Gasteiger partial charge in [-0.15, -0.1) is 0 Å². The molecule has 3 rings (SSSR count). The van der Waals surface area contributed by atoms with E-state index in [4.69, 9.17) is 4.74 Å². The summed E-state index contributed by atoms with van der Waals surface area (Å²) in [5, 5.41) is 12.4. The first-order valence-electron chi connectivity index (χ1n) is 8.09. The quantitative estimate of drug-likeness (QED) is 0.690. The Morgan fingerprint density at radius 1 is 1.20 bits per heavy atom. The third-order valence-corrected chi connectivity index (χ3v) is 3.97. The average Bonchev–Trinajstić information content (AvgIpc) is 2.98. The minimum absolute atomic E-state index is 0.119. The van der Waals surface area contributed by atoms with Crippen LogP contribution in [-0.4, -0.2) is 27.7 Å². The number of rotatable bonds is 7. The number of amides is 1. The second kappa shape index (κ2) is 7.92. The molecule has 3 aromatic rings. The van der Waals surface area contributed by atoms with E-state index in [0.29, 0.717) is 19.0 Å². The molecule has 2 N–H and O–H groups in total. The SMILES string of the molecule is COCc1cccc(CNC(=O)Cn2c(CO)nc3ccccc32)c1. The summed E-state index contributed by atoms with van der Waals surface area (Å²) in [5.74, 6) is 0.355. The number of nitrogens with one attached hydrogen (secondary N) is 1. The molecule has 25 heavy (non-hydrogen) atoms. The van der Waals surface area contributed by atoms with E-state index in [1.165, 1.54) is 0 Å². The second-order valence-corrected chi connectivity index (χ2v) is 5.79. The fourth-order valence-electron chi connectivity index (χ4n) is 2.82. The molecular weight excluding hydrogens is 318 g/mol. The molecule has 0 radical (unpaired) electrons. The van der Waals surface area contributed by atoms with Crippen LogP contribution in [0.1, 0.15) is 17.0 Å². The van der Waals surface area contributed by atoms with Crippen molar-refractivity contribution in [3.05, 3.63) is 65.5 Å². The van der Waals surface area contributed by atoms with Crippen molar-refractivity contribution in [1.82, 2.24) is 14.9 Å². The van der Waals surface area contributed by atoms with Gasteiger partial charge in [0.05, 0.1) is 17.6 Å². The molecule has 1 aromatic heterocycles. The molecule has 0 aliphatic rings. The zero-order valence-electron chi connectivity index (χ0n) is 14.1. The van der Waals surface area contributed by atoms with Crippen molar-refractivity contribution in [1.29, 1.82) is 0 Å². The number of para-hydroxylation sites is 2. The topological polar surface area (TPSA) is 76.4 Å². The smallest absolute Gasteiger partial charge is 0.240 e. The normalized spacial score (nSPS) is 11.0. The molecule has 6 nitrogen and oxygen atoms in total. The average molecular weight is 339 g/mol. The minimum Gasteiger partial charge on any atom is -0.388 e. The number of aliphatic hydroxyl groups is 1. The number of benzene rings is 2. The maximum absolute atomic E-state index is 12.3. The fraction of sp³-hybridized carbons (Fsp3) is 0.263. The number of carbonyl (C=O) groups is 1. The first kappa shape index (κ1) is 17.1. The van der Waals surface area contributed by atoms with E-state index in [2.05, 4.69) is 10.3 Å². The predicted octanol–water partition coefficient (Wildman–Crippen LogP) is 1.99. The zero-order valence-corrected chi connectivity index (χ0v) is 14.1.